The maximum atomic E-state index is 6.26. The predicted molar refractivity (Wildman–Crippen MR) is 160 cm³/mol. The molecule has 3 aromatic heterocycles. The highest BCUT2D eigenvalue weighted by Crippen LogP contribution is 2.32. The highest BCUT2D eigenvalue weighted by molar-refractivity contribution is 6.35. The SMILES string of the molecule is Clc1cncc(Cl)c1COc1ccc2[nH]nc(-c3nc4ccc(N5CCC(N6CCCCC6)CC5)cc4[nH]3)c2c1. The normalized spacial score (nSPS) is 17.2. The Morgan fingerprint density at radius 2 is 1.70 bits per heavy atom. The minimum absolute atomic E-state index is 0.238. The Morgan fingerprint density at radius 3 is 2.50 bits per heavy atom. The molecule has 2 aliphatic rings. The third-order valence-corrected chi connectivity index (χ3v) is 8.95. The second-order valence-corrected chi connectivity index (χ2v) is 11.6. The Hall–Kier alpha value is -3.33. The number of halogens is 2. The lowest BCUT2D eigenvalue weighted by atomic mass is 9.99. The smallest absolute Gasteiger partial charge is 0.159 e. The van der Waals surface area contributed by atoms with Gasteiger partial charge in [-0.15, -0.1) is 0 Å². The number of H-pyrrole nitrogens is 2. The van der Waals surface area contributed by atoms with E-state index in [2.05, 4.69) is 48.2 Å². The monoisotopic (exact) mass is 575 g/mol. The molecule has 0 unspecified atom stereocenters. The van der Waals surface area contributed by atoms with Crippen LogP contribution in [0.3, 0.4) is 0 Å². The number of aromatic nitrogens is 5. The molecule has 0 saturated carbocycles. The maximum Gasteiger partial charge on any atom is 0.159 e. The van der Waals surface area contributed by atoms with Crippen molar-refractivity contribution in [1.82, 2.24) is 30.0 Å². The van der Waals surface area contributed by atoms with Gasteiger partial charge >= 0.3 is 0 Å². The summed E-state index contributed by atoms with van der Waals surface area (Å²) in [7, 11) is 0. The zero-order valence-corrected chi connectivity index (χ0v) is 23.7. The van der Waals surface area contributed by atoms with E-state index in [1.165, 1.54) is 50.9 Å². The number of benzene rings is 2. The molecule has 0 amide bonds. The van der Waals surface area contributed by atoms with Gasteiger partial charge in [0.1, 0.15) is 18.1 Å². The summed E-state index contributed by atoms with van der Waals surface area (Å²) < 4.78 is 6.03. The first-order valence-electron chi connectivity index (χ1n) is 14.0. The first kappa shape index (κ1) is 25.6. The summed E-state index contributed by atoms with van der Waals surface area (Å²) in [6.45, 7) is 4.97. The fraction of sp³-hybridized carbons (Fsp3) is 0.367. The average molecular weight is 577 g/mol. The largest absolute Gasteiger partial charge is 0.489 e. The number of aromatic amines is 2. The second-order valence-electron chi connectivity index (χ2n) is 10.8. The number of ether oxygens (including phenoxy) is 1. The molecule has 10 heteroatoms. The van der Waals surface area contributed by atoms with E-state index in [1.807, 2.05) is 18.2 Å². The molecule has 5 aromatic rings. The van der Waals surface area contributed by atoms with E-state index < -0.39 is 0 Å². The van der Waals surface area contributed by atoms with Gasteiger partial charge < -0.3 is 19.5 Å². The number of nitrogens with one attached hydrogen (secondary N) is 2. The number of fused-ring (bicyclic) bond motifs is 2. The van der Waals surface area contributed by atoms with Gasteiger partial charge in [0.2, 0.25) is 0 Å². The van der Waals surface area contributed by atoms with Crippen molar-refractivity contribution in [2.75, 3.05) is 31.1 Å². The molecule has 7 rings (SSSR count). The van der Waals surface area contributed by atoms with Crippen molar-refractivity contribution in [3.05, 3.63) is 64.4 Å². The lowest BCUT2D eigenvalue weighted by Crippen LogP contribution is -2.46. The highest BCUT2D eigenvalue weighted by atomic mass is 35.5. The van der Waals surface area contributed by atoms with Gasteiger partial charge in [0.25, 0.3) is 0 Å². The Kier molecular flexibility index (Phi) is 6.99. The zero-order chi connectivity index (χ0) is 27.1. The van der Waals surface area contributed by atoms with Crippen molar-refractivity contribution in [3.63, 3.8) is 0 Å². The highest BCUT2D eigenvalue weighted by Gasteiger charge is 2.26. The Morgan fingerprint density at radius 1 is 0.900 bits per heavy atom. The van der Waals surface area contributed by atoms with E-state index in [4.69, 9.17) is 32.9 Å². The first-order valence-corrected chi connectivity index (χ1v) is 14.8. The predicted octanol–water partition coefficient (Wildman–Crippen LogP) is 6.84. The summed E-state index contributed by atoms with van der Waals surface area (Å²) >= 11 is 12.5. The van der Waals surface area contributed by atoms with Crippen molar-refractivity contribution in [2.45, 2.75) is 44.8 Å². The number of piperidine rings is 2. The molecule has 8 nitrogen and oxygen atoms in total. The van der Waals surface area contributed by atoms with Gasteiger partial charge in [-0.2, -0.15) is 5.10 Å². The lowest BCUT2D eigenvalue weighted by molar-refractivity contribution is 0.141. The van der Waals surface area contributed by atoms with Crippen molar-refractivity contribution in [3.8, 4) is 17.3 Å². The van der Waals surface area contributed by atoms with Gasteiger partial charge in [0.15, 0.2) is 5.82 Å². The van der Waals surface area contributed by atoms with Crippen LogP contribution in [0.15, 0.2) is 48.8 Å². The van der Waals surface area contributed by atoms with Gasteiger partial charge in [-0.3, -0.25) is 10.1 Å². The molecule has 0 atom stereocenters. The van der Waals surface area contributed by atoms with Crippen LogP contribution < -0.4 is 9.64 Å². The quantitative estimate of drug-likeness (QED) is 0.230. The molecule has 2 saturated heterocycles. The molecule has 0 bridgehead atoms. The molecule has 2 fully saturated rings. The van der Waals surface area contributed by atoms with Crippen LogP contribution in [0.25, 0.3) is 33.5 Å². The third kappa shape index (κ3) is 5.00. The number of hydrogen-bond acceptors (Lipinski definition) is 6. The van der Waals surface area contributed by atoms with Crippen LogP contribution in [0.2, 0.25) is 10.0 Å². The topological polar surface area (TPSA) is 86.0 Å². The van der Waals surface area contributed by atoms with Crippen LogP contribution in [0, 0.1) is 0 Å². The molecular formula is C30H31Cl2N7O. The minimum Gasteiger partial charge on any atom is -0.489 e. The summed E-state index contributed by atoms with van der Waals surface area (Å²) in [6, 6.07) is 13.1. The van der Waals surface area contributed by atoms with Gasteiger partial charge in [0, 0.05) is 48.2 Å². The molecule has 2 N–H and O–H groups in total. The molecule has 2 aromatic carbocycles. The van der Waals surface area contributed by atoms with Crippen LogP contribution in [0.5, 0.6) is 5.75 Å². The number of hydrogen-bond donors (Lipinski definition) is 2. The molecule has 40 heavy (non-hydrogen) atoms. The van der Waals surface area contributed by atoms with Gasteiger partial charge in [-0.1, -0.05) is 29.6 Å². The summed E-state index contributed by atoms with van der Waals surface area (Å²) in [6.07, 6.45) is 9.69. The van der Waals surface area contributed by atoms with Gasteiger partial charge in [-0.25, -0.2) is 4.98 Å². The van der Waals surface area contributed by atoms with Gasteiger partial charge in [-0.05, 0) is 75.2 Å². The summed E-state index contributed by atoms with van der Waals surface area (Å²) in [5.41, 5.74) is 5.54. The van der Waals surface area contributed by atoms with Crippen LogP contribution in [0.4, 0.5) is 5.69 Å². The molecule has 0 spiro atoms. The van der Waals surface area contributed by atoms with E-state index >= 15 is 0 Å². The summed E-state index contributed by atoms with van der Waals surface area (Å²) in [5, 5.41) is 9.56. The van der Waals surface area contributed by atoms with Gasteiger partial charge in [0.05, 0.1) is 26.6 Å². The average Bonchev–Trinajstić information content (AvgIpc) is 3.61. The van der Waals surface area contributed by atoms with E-state index in [9.17, 15) is 0 Å². The minimum atomic E-state index is 0.238. The number of rotatable bonds is 6. The third-order valence-electron chi connectivity index (χ3n) is 8.30. The molecular weight excluding hydrogens is 545 g/mol. The molecule has 206 valence electrons. The Bertz CT molecular complexity index is 1630. The molecule has 0 radical (unpaired) electrons. The van der Waals surface area contributed by atoms with Crippen molar-refractivity contribution in [2.24, 2.45) is 0 Å². The maximum absolute atomic E-state index is 6.26. The Balaban J connectivity index is 1.09. The summed E-state index contributed by atoms with van der Waals surface area (Å²) in [4.78, 5) is 17.6. The zero-order valence-electron chi connectivity index (χ0n) is 22.2. The number of imidazole rings is 1. The van der Waals surface area contributed by atoms with E-state index in [-0.39, 0.29) is 6.61 Å². The van der Waals surface area contributed by atoms with E-state index in [0.717, 1.165) is 52.6 Å². The van der Waals surface area contributed by atoms with Crippen LogP contribution in [-0.4, -0.2) is 62.3 Å². The van der Waals surface area contributed by atoms with Crippen LogP contribution in [0.1, 0.15) is 37.7 Å². The van der Waals surface area contributed by atoms with Crippen molar-refractivity contribution in [1.29, 1.82) is 0 Å². The number of pyridine rings is 1. The van der Waals surface area contributed by atoms with E-state index in [0.29, 0.717) is 21.4 Å². The van der Waals surface area contributed by atoms with Crippen molar-refractivity contribution < 1.29 is 4.74 Å². The summed E-state index contributed by atoms with van der Waals surface area (Å²) in [5.74, 6) is 1.41. The first-order chi connectivity index (χ1) is 19.6. The molecule has 0 aliphatic carbocycles. The lowest BCUT2D eigenvalue weighted by Gasteiger charge is -2.41. The van der Waals surface area contributed by atoms with E-state index in [1.54, 1.807) is 12.4 Å². The Labute approximate surface area is 242 Å². The second kappa shape index (κ2) is 10.9. The van der Waals surface area contributed by atoms with Crippen molar-refractivity contribution >= 4 is 50.8 Å². The van der Waals surface area contributed by atoms with Crippen LogP contribution in [-0.2, 0) is 6.61 Å². The molecule has 5 heterocycles. The number of nitrogens with zero attached hydrogens (tertiary/aromatic N) is 5. The standard InChI is InChI=1S/C30H31Cl2N7O/c31-24-16-33-17-25(32)23(24)18-40-21-5-7-26-22(15-21)29(37-36-26)30-34-27-6-4-20(14-28(27)35-30)39-12-8-19(9-13-39)38-10-2-1-3-11-38/h4-7,14-17,19H,1-3,8-13,18H2,(H,34,35)(H,36,37). The number of likely N-dealkylation sites (tertiary alicyclic amines) is 1. The fourth-order valence-corrected chi connectivity index (χ4v) is 6.55. The fourth-order valence-electron chi connectivity index (χ4n) is 6.07. The molecule has 2 aliphatic heterocycles. The number of anilines is 1. The van der Waals surface area contributed by atoms with Crippen LogP contribution >= 0.6 is 23.2 Å².